The zero-order valence-corrected chi connectivity index (χ0v) is 19.9. The van der Waals surface area contributed by atoms with E-state index in [0.29, 0.717) is 10.7 Å². The summed E-state index contributed by atoms with van der Waals surface area (Å²) in [7, 11) is -3.72. The number of rotatable bonds is 6. The normalized spacial score (nSPS) is 17.3. The summed E-state index contributed by atoms with van der Waals surface area (Å²) in [6.45, 7) is 7.96. The molecule has 5 nitrogen and oxygen atoms in total. The van der Waals surface area contributed by atoms with Gasteiger partial charge in [-0.1, -0.05) is 54.9 Å². The number of piperazine rings is 1. The minimum absolute atomic E-state index is 0.237. The Hall–Kier alpha value is -2.38. The largest absolute Gasteiger partial charge is 0.314 e. The van der Waals surface area contributed by atoms with Crippen molar-refractivity contribution in [2.75, 3.05) is 30.9 Å². The van der Waals surface area contributed by atoms with Crippen LogP contribution in [0.15, 0.2) is 71.6 Å². The molecule has 3 aromatic carbocycles. The molecule has 0 radical (unpaired) electrons. The van der Waals surface area contributed by atoms with Gasteiger partial charge in [0.05, 0.1) is 4.90 Å². The lowest BCUT2D eigenvalue weighted by molar-refractivity contribution is 0.171. The van der Waals surface area contributed by atoms with E-state index in [1.807, 2.05) is 43.3 Å². The van der Waals surface area contributed by atoms with Crippen molar-refractivity contribution in [3.63, 3.8) is 0 Å². The van der Waals surface area contributed by atoms with Crippen LogP contribution in [0.2, 0.25) is 5.02 Å². The van der Waals surface area contributed by atoms with Crippen molar-refractivity contribution in [2.24, 2.45) is 0 Å². The lowest BCUT2D eigenvalue weighted by atomic mass is 10.0. The Kier molecular flexibility index (Phi) is 6.86. The van der Waals surface area contributed by atoms with Gasteiger partial charge in [-0.3, -0.25) is 9.62 Å². The van der Waals surface area contributed by atoms with Crippen LogP contribution < -0.4 is 10.0 Å². The van der Waals surface area contributed by atoms with E-state index in [4.69, 9.17) is 11.6 Å². The van der Waals surface area contributed by atoms with Gasteiger partial charge < -0.3 is 5.32 Å². The van der Waals surface area contributed by atoms with E-state index in [0.717, 1.165) is 48.4 Å². The minimum Gasteiger partial charge on any atom is -0.314 e. The van der Waals surface area contributed by atoms with Crippen LogP contribution >= 0.6 is 11.6 Å². The second-order valence-electron chi connectivity index (χ2n) is 8.03. The van der Waals surface area contributed by atoms with Crippen LogP contribution in [-0.2, 0) is 10.0 Å². The molecule has 0 aliphatic carbocycles. The predicted octanol–water partition coefficient (Wildman–Crippen LogP) is 5.08. The van der Waals surface area contributed by atoms with Crippen LogP contribution in [0.1, 0.15) is 24.1 Å². The van der Waals surface area contributed by atoms with Crippen molar-refractivity contribution < 1.29 is 8.42 Å². The summed E-state index contributed by atoms with van der Waals surface area (Å²) in [5, 5.41) is 4.00. The molecule has 0 bridgehead atoms. The third-order valence-electron chi connectivity index (χ3n) is 5.99. The molecule has 1 saturated heterocycles. The van der Waals surface area contributed by atoms with Crippen LogP contribution in [0.3, 0.4) is 0 Å². The Balaban J connectivity index is 1.57. The van der Waals surface area contributed by atoms with E-state index in [9.17, 15) is 8.42 Å². The molecule has 1 unspecified atom stereocenters. The van der Waals surface area contributed by atoms with E-state index in [1.165, 1.54) is 0 Å². The second kappa shape index (κ2) is 9.63. The number of anilines is 1. The number of nitrogens with one attached hydrogen (secondary N) is 2. The molecule has 7 heteroatoms. The van der Waals surface area contributed by atoms with Crippen LogP contribution in [0.25, 0.3) is 11.1 Å². The average molecular weight is 470 g/mol. The molecule has 2 N–H and O–H groups in total. The first-order valence-corrected chi connectivity index (χ1v) is 12.7. The maximum absolute atomic E-state index is 13.0. The highest BCUT2D eigenvalue weighted by atomic mass is 35.5. The fourth-order valence-corrected chi connectivity index (χ4v) is 5.48. The molecule has 3 aromatic rings. The van der Waals surface area contributed by atoms with Crippen LogP contribution in [0, 0.1) is 6.92 Å². The molecule has 0 aromatic heterocycles. The van der Waals surface area contributed by atoms with Crippen molar-refractivity contribution in [3.8, 4) is 11.1 Å². The van der Waals surface area contributed by atoms with Crippen molar-refractivity contribution >= 4 is 27.3 Å². The molecular formula is C25H28ClN3O2S. The zero-order valence-electron chi connectivity index (χ0n) is 18.3. The maximum Gasteiger partial charge on any atom is 0.261 e. The summed E-state index contributed by atoms with van der Waals surface area (Å²) >= 11 is 6.42. The van der Waals surface area contributed by atoms with Gasteiger partial charge in [0.25, 0.3) is 10.0 Å². The van der Waals surface area contributed by atoms with Crippen LogP contribution in [0.4, 0.5) is 5.69 Å². The molecule has 4 rings (SSSR count). The first kappa shape index (κ1) is 22.8. The summed E-state index contributed by atoms with van der Waals surface area (Å²) in [4.78, 5) is 2.64. The number of hydrogen-bond acceptors (Lipinski definition) is 4. The summed E-state index contributed by atoms with van der Waals surface area (Å²) in [6, 6.07) is 20.5. The van der Waals surface area contributed by atoms with E-state index in [-0.39, 0.29) is 10.9 Å². The Morgan fingerprint density at radius 1 is 1.06 bits per heavy atom. The standard InChI is InChI=1S/C25H28ClN3O2S/c1-3-29-15-14-27-17-25(29)19-8-11-21(12-9-19)32(30,31)28-20-10-13-24(26)23(16-20)22-7-5-4-6-18(22)2/h4-13,16,25,27-28H,3,14-15,17H2,1-2H3. The Morgan fingerprint density at radius 2 is 1.81 bits per heavy atom. The molecule has 1 aliphatic rings. The molecule has 168 valence electrons. The number of halogens is 1. The van der Waals surface area contributed by atoms with Gasteiger partial charge in [-0.25, -0.2) is 8.42 Å². The van der Waals surface area contributed by atoms with Gasteiger partial charge in [0.15, 0.2) is 0 Å². The van der Waals surface area contributed by atoms with Gasteiger partial charge in [-0.05, 0) is 60.5 Å². The molecule has 1 heterocycles. The Labute approximate surface area is 195 Å². The molecule has 1 aliphatic heterocycles. The number of benzene rings is 3. The van der Waals surface area contributed by atoms with E-state index in [2.05, 4.69) is 21.9 Å². The number of nitrogens with zero attached hydrogens (tertiary/aromatic N) is 1. The lowest BCUT2D eigenvalue weighted by Gasteiger charge is -2.35. The molecule has 1 fully saturated rings. The predicted molar refractivity (Wildman–Crippen MR) is 132 cm³/mol. The summed E-state index contributed by atoms with van der Waals surface area (Å²) in [5.74, 6) is 0. The molecular weight excluding hydrogens is 442 g/mol. The number of sulfonamides is 1. The molecule has 0 saturated carbocycles. The van der Waals surface area contributed by atoms with Crippen molar-refractivity contribution in [2.45, 2.75) is 24.8 Å². The quantitative estimate of drug-likeness (QED) is 0.528. The van der Waals surface area contributed by atoms with Gasteiger partial charge in [0, 0.05) is 41.9 Å². The summed E-state index contributed by atoms with van der Waals surface area (Å²) in [5.41, 5.74) is 4.44. The fraction of sp³-hybridized carbons (Fsp3) is 0.280. The third kappa shape index (κ3) is 4.84. The van der Waals surface area contributed by atoms with Crippen LogP contribution in [0.5, 0.6) is 0 Å². The monoisotopic (exact) mass is 469 g/mol. The first-order chi connectivity index (χ1) is 15.4. The SMILES string of the molecule is CCN1CCNCC1c1ccc(S(=O)(=O)Nc2ccc(Cl)c(-c3ccccc3C)c2)cc1. The van der Waals surface area contributed by atoms with E-state index < -0.39 is 10.0 Å². The molecule has 0 spiro atoms. The fourth-order valence-electron chi connectivity index (χ4n) is 4.21. The molecule has 0 amide bonds. The van der Waals surface area contributed by atoms with Gasteiger partial charge in [-0.15, -0.1) is 0 Å². The number of likely N-dealkylation sites (N-methyl/N-ethyl adjacent to an activating group) is 1. The van der Waals surface area contributed by atoms with Crippen molar-refractivity contribution in [3.05, 3.63) is 82.9 Å². The van der Waals surface area contributed by atoms with Gasteiger partial charge >= 0.3 is 0 Å². The van der Waals surface area contributed by atoms with Gasteiger partial charge in [-0.2, -0.15) is 0 Å². The third-order valence-corrected chi connectivity index (χ3v) is 7.72. The zero-order chi connectivity index (χ0) is 22.7. The maximum atomic E-state index is 13.0. The lowest BCUT2D eigenvalue weighted by Crippen LogP contribution is -2.45. The summed E-state index contributed by atoms with van der Waals surface area (Å²) < 4.78 is 28.8. The molecule has 1 atom stereocenters. The van der Waals surface area contributed by atoms with Crippen molar-refractivity contribution in [1.29, 1.82) is 0 Å². The highest BCUT2D eigenvalue weighted by molar-refractivity contribution is 7.92. The summed E-state index contributed by atoms with van der Waals surface area (Å²) in [6.07, 6.45) is 0. The number of hydrogen-bond donors (Lipinski definition) is 2. The topological polar surface area (TPSA) is 61.4 Å². The highest BCUT2D eigenvalue weighted by Gasteiger charge is 2.23. The van der Waals surface area contributed by atoms with Crippen molar-refractivity contribution in [1.82, 2.24) is 10.2 Å². The minimum atomic E-state index is -3.72. The van der Waals surface area contributed by atoms with Gasteiger partial charge in [0.2, 0.25) is 0 Å². The Morgan fingerprint density at radius 3 is 2.53 bits per heavy atom. The smallest absolute Gasteiger partial charge is 0.261 e. The molecule has 32 heavy (non-hydrogen) atoms. The first-order valence-electron chi connectivity index (χ1n) is 10.8. The Bertz CT molecular complexity index is 1200. The van der Waals surface area contributed by atoms with E-state index >= 15 is 0 Å². The van der Waals surface area contributed by atoms with E-state index in [1.54, 1.807) is 30.3 Å². The number of aryl methyl sites for hydroxylation is 1. The average Bonchev–Trinajstić information content (AvgIpc) is 2.81. The van der Waals surface area contributed by atoms with Crippen LogP contribution in [-0.4, -0.2) is 39.5 Å². The second-order valence-corrected chi connectivity index (χ2v) is 10.1. The van der Waals surface area contributed by atoms with Gasteiger partial charge in [0.1, 0.15) is 0 Å². The highest BCUT2D eigenvalue weighted by Crippen LogP contribution is 2.33.